The first kappa shape index (κ1) is 22.7. The highest BCUT2D eigenvalue weighted by Gasteiger charge is 2.20. The Labute approximate surface area is 172 Å². The zero-order chi connectivity index (χ0) is 21.4. The largest absolute Gasteiger partial charge is 0.497 e. The molecule has 158 valence electrons. The van der Waals surface area contributed by atoms with E-state index in [-0.39, 0.29) is 29.2 Å². The van der Waals surface area contributed by atoms with E-state index >= 15 is 0 Å². The van der Waals surface area contributed by atoms with Gasteiger partial charge in [0, 0.05) is 19.7 Å². The van der Waals surface area contributed by atoms with Crippen molar-refractivity contribution in [1.29, 1.82) is 0 Å². The first-order chi connectivity index (χ1) is 13.8. The molecule has 1 unspecified atom stereocenters. The van der Waals surface area contributed by atoms with Crippen molar-refractivity contribution in [1.82, 2.24) is 4.90 Å². The molecule has 2 rings (SSSR count). The zero-order valence-electron chi connectivity index (χ0n) is 17.1. The van der Waals surface area contributed by atoms with Gasteiger partial charge in [0.1, 0.15) is 23.0 Å². The van der Waals surface area contributed by atoms with Crippen LogP contribution in [0.2, 0.25) is 0 Å². The van der Waals surface area contributed by atoms with E-state index in [2.05, 4.69) is 0 Å². The van der Waals surface area contributed by atoms with Gasteiger partial charge in [0.05, 0.1) is 7.11 Å². The normalized spacial score (nSPS) is 12.3. The molecule has 2 aromatic carbocycles. The van der Waals surface area contributed by atoms with Gasteiger partial charge in [0.2, 0.25) is 5.91 Å². The molecule has 0 fully saturated rings. The van der Waals surface area contributed by atoms with Crippen LogP contribution in [0.5, 0.6) is 11.5 Å². The summed E-state index contributed by atoms with van der Waals surface area (Å²) < 4.78 is 40.0. The zero-order valence-corrected chi connectivity index (χ0v) is 17.9. The Bertz CT molecular complexity index is 894. The maximum absolute atomic E-state index is 12.4. The monoisotopic (exact) mass is 421 g/mol. The smallest absolute Gasteiger partial charge is 0.339 e. The fourth-order valence-electron chi connectivity index (χ4n) is 2.68. The lowest BCUT2D eigenvalue weighted by molar-refractivity contribution is -0.138. The van der Waals surface area contributed by atoms with Crippen LogP contribution in [0.3, 0.4) is 0 Å². The van der Waals surface area contributed by atoms with E-state index in [4.69, 9.17) is 13.7 Å². The van der Waals surface area contributed by atoms with Crippen LogP contribution in [0.4, 0.5) is 0 Å². The van der Waals surface area contributed by atoms with Gasteiger partial charge in [-0.05, 0) is 55.3 Å². The van der Waals surface area contributed by atoms with E-state index in [1.165, 1.54) is 26.4 Å². The van der Waals surface area contributed by atoms with Crippen molar-refractivity contribution in [2.24, 2.45) is 0 Å². The van der Waals surface area contributed by atoms with Crippen molar-refractivity contribution in [3.63, 3.8) is 0 Å². The number of hydrogen-bond acceptors (Lipinski definition) is 6. The number of rotatable bonds is 10. The fourth-order valence-corrected chi connectivity index (χ4v) is 3.61. The molecule has 0 spiro atoms. The Morgan fingerprint density at radius 2 is 1.59 bits per heavy atom. The Kier molecular flexibility index (Phi) is 8.04. The number of carbonyl (C=O) groups is 1. The van der Waals surface area contributed by atoms with Gasteiger partial charge < -0.3 is 18.6 Å². The molecule has 0 saturated heterocycles. The maximum atomic E-state index is 12.4. The van der Waals surface area contributed by atoms with Crippen molar-refractivity contribution < 1.29 is 26.9 Å². The standard InChI is InChI=1S/C21H27NO6S/c1-5-16(2)22(21(23)15-26-3)14-17-6-8-19(9-7-17)28-29(24,25)20-12-10-18(27-4)11-13-20/h6-13,16H,5,14-15H2,1-4H3. The number of amides is 1. The average molecular weight is 422 g/mol. The lowest BCUT2D eigenvalue weighted by atomic mass is 10.1. The second kappa shape index (κ2) is 10.3. The topological polar surface area (TPSA) is 82.1 Å². The van der Waals surface area contributed by atoms with Gasteiger partial charge in [-0.1, -0.05) is 19.1 Å². The van der Waals surface area contributed by atoms with Gasteiger partial charge in [0.25, 0.3) is 0 Å². The lowest BCUT2D eigenvalue weighted by Crippen LogP contribution is -2.39. The van der Waals surface area contributed by atoms with Gasteiger partial charge >= 0.3 is 10.1 Å². The highest BCUT2D eigenvalue weighted by molar-refractivity contribution is 7.87. The minimum Gasteiger partial charge on any atom is -0.497 e. The number of nitrogens with zero attached hydrogens (tertiary/aromatic N) is 1. The van der Waals surface area contributed by atoms with Crippen LogP contribution in [0.25, 0.3) is 0 Å². The second-order valence-electron chi connectivity index (χ2n) is 6.57. The van der Waals surface area contributed by atoms with Gasteiger partial charge in [-0.15, -0.1) is 0 Å². The molecule has 8 heteroatoms. The third-order valence-corrected chi connectivity index (χ3v) is 5.80. The molecule has 0 aliphatic rings. The minimum absolute atomic E-state index is 0.0195. The summed E-state index contributed by atoms with van der Waals surface area (Å²) in [6, 6.07) is 12.7. The van der Waals surface area contributed by atoms with Crippen LogP contribution in [0.1, 0.15) is 25.8 Å². The number of carbonyl (C=O) groups excluding carboxylic acids is 1. The van der Waals surface area contributed by atoms with Crippen LogP contribution in [-0.4, -0.2) is 46.1 Å². The van der Waals surface area contributed by atoms with Crippen molar-refractivity contribution in [3.05, 3.63) is 54.1 Å². The molecular weight excluding hydrogens is 394 g/mol. The van der Waals surface area contributed by atoms with Crippen molar-refractivity contribution >= 4 is 16.0 Å². The van der Waals surface area contributed by atoms with E-state index in [1.54, 1.807) is 41.3 Å². The first-order valence-electron chi connectivity index (χ1n) is 9.26. The van der Waals surface area contributed by atoms with E-state index in [9.17, 15) is 13.2 Å². The molecule has 0 radical (unpaired) electrons. The van der Waals surface area contributed by atoms with E-state index < -0.39 is 10.1 Å². The molecule has 0 bridgehead atoms. The van der Waals surface area contributed by atoms with E-state index in [0.717, 1.165) is 12.0 Å². The molecule has 29 heavy (non-hydrogen) atoms. The molecule has 7 nitrogen and oxygen atoms in total. The molecule has 1 atom stereocenters. The average Bonchev–Trinajstić information content (AvgIpc) is 2.72. The Morgan fingerprint density at radius 1 is 1.00 bits per heavy atom. The van der Waals surface area contributed by atoms with Crippen molar-refractivity contribution in [2.75, 3.05) is 20.8 Å². The molecule has 0 heterocycles. The Balaban J connectivity index is 2.11. The first-order valence-corrected chi connectivity index (χ1v) is 10.7. The third kappa shape index (κ3) is 6.20. The molecular formula is C21H27NO6S. The summed E-state index contributed by atoms with van der Waals surface area (Å²) in [5.74, 6) is 0.661. The Hall–Kier alpha value is -2.58. The van der Waals surface area contributed by atoms with Crippen LogP contribution in [0.15, 0.2) is 53.4 Å². The number of hydrogen-bond donors (Lipinski definition) is 0. The van der Waals surface area contributed by atoms with Gasteiger partial charge in [0.15, 0.2) is 0 Å². The summed E-state index contributed by atoms with van der Waals surface area (Å²) in [6.45, 7) is 4.42. The summed E-state index contributed by atoms with van der Waals surface area (Å²) in [7, 11) is -0.954. The van der Waals surface area contributed by atoms with Crippen molar-refractivity contribution in [2.45, 2.75) is 37.8 Å². The highest BCUT2D eigenvalue weighted by Crippen LogP contribution is 2.22. The van der Waals surface area contributed by atoms with E-state index in [1.807, 2.05) is 13.8 Å². The molecule has 0 aliphatic heterocycles. The summed E-state index contributed by atoms with van der Waals surface area (Å²) in [5.41, 5.74) is 0.865. The SMILES string of the molecule is CCC(C)N(Cc1ccc(OS(=O)(=O)c2ccc(OC)cc2)cc1)C(=O)COC. The summed E-state index contributed by atoms with van der Waals surface area (Å²) >= 11 is 0. The Morgan fingerprint density at radius 3 is 2.10 bits per heavy atom. The summed E-state index contributed by atoms with van der Waals surface area (Å²) in [6.07, 6.45) is 0.816. The molecule has 0 aromatic heterocycles. The van der Waals surface area contributed by atoms with Gasteiger partial charge in [-0.3, -0.25) is 4.79 Å². The fraction of sp³-hybridized carbons (Fsp3) is 0.381. The molecule has 0 N–H and O–H groups in total. The predicted octanol–water partition coefficient (Wildman–Crippen LogP) is 3.24. The van der Waals surface area contributed by atoms with Gasteiger partial charge in [-0.25, -0.2) is 0 Å². The quantitative estimate of drug-likeness (QED) is 0.548. The molecule has 1 amide bonds. The summed E-state index contributed by atoms with van der Waals surface area (Å²) in [4.78, 5) is 14.1. The molecule has 0 saturated carbocycles. The lowest BCUT2D eigenvalue weighted by Gasteiger charge is -2.28. The predicted molar refractivity (Wildman–Crippen MR) is 109 cm³/mol. The van der Waals surface area contributed by atoms with Crippen LogP contribution in [-0.2, 0) is 26.2 Å². The number of benzene rings is 2. The van der Waals surface area contributed by atoms with Crippen LogP contribution >= 0.6 is 0 Å². The molecule has 0 aliphatic carbocycles. The van der Waals surface area contributed by atoms with Gasteiger partial charge in [-0.2, -0.15) is 8.42 Å². The maximum Gasteiger partial charge on any atom is 0.339 e. The van der Waals surface area contributed by atoms with Crippen LogP contribution < -0.4 is 8.92 Å². The van der Waals surface area contributed by atoms with E-state index in [0.29, 0.717) is 12.3 Å². The number of methoxy groups -OCH3 is 2. The molecule has 2 aromatic rings. The third-order valence-electron chi connectivity index (χ3n) is 4.54. The van der Waals surface area contributed by atoms with Crippen molar-refractivity contribution in [3.8, 4) is 11.5 Å². The second-order valence-corrected chi connectivity index (χ2v) is 8.12. The highest BCUT2D eigenvalue weighted by atomic mass is 32.2. The minimum atomic E-state index is -3.95. The summed E-state index contributed by atoms with van der Waals surface area (Å²) in [5, 5.41) is 0. The van der Waals surface area contributed by atoms with Crippen LogP contribution in [0, 0.1) is 0 Å². The number of ether oxygens (including phenoxy) is 2.